The van der Waals surface area contributed by atoms with Crippen LogP contribution in [0, 0.1) is 11.3 Å². The first-order chi connectivity index (χ1) is 11.2. The van der Waals surface area contributed by atoms with Crippen LogP contribution in [0.15, 0.2) is 42.5 Å². The molecule has 4 heteroatoms. The molecule has 3 rings (SSSR count). The second-order valence-electron chi connectivity index (χ2n) is 5.75. The van der Waals surface area contributed by atoms with Gasteiger partial charge in [-0.05, 0) is 35.7 Å². The van der Waals surface area contributed by atoms with Crippen LogP contribution in [0.2, 0.25) is 5.02 Å². The molecule has 2 aromatic carbocycles. The second-order valence-corrected chi connectivity index (χ2v) is 6.16. The number of rotatable bonds is 3. The minimum atomic E-state index is 0.387. The van der Waals surface area contributed by atoms with E-state index in [1.807, 2.05) is 12.1 Å². The van der Waals surface area contributed by atoms with Gasteiger partial charge in [0, 0.05) is 19.1 Å². The number of benzene rings is 2. The van der Waals surface area contributed by atoms with E-state index in [2.05, 4.69) is 42.2 Å². The number of hydrogen-bond acceptors (Lipinski definition) is 3. The van der Waals surface area contributed by atoms with Crippen LogP contribution < -0.4 is 0 Å². The van der Waals surface area contributed by atoms with Gasteiger partial charge in [-0.25, -0.2) is 0 Å². The molecule has 1 heterocycles. The molecule has 0 unspecified atom stereocenters. The van der Waals surface area contributed by atoms with Gasteiger partial charge in [0.1, 0.15) is 6.07 Å². The Kier molecular flexibility index (Phi) is 4.97. The normalized spacial score (nSPS) is 16.7. The summed E-state index contributed by atoms with van der Waals surface area (Å²) in [4.78, 5) is 2.44. The first-order valence-electron chi connectivity index (χ1n) is 7.81. The molecule has 1 saturated heterocycles. The highest BCUT2D eigenvalue weighted by atomic mass is 35.5. The van der Waals surface area contributed by atoms with Crippen LogP contribution in [0.3, 0.4) is 0 Å². The highest BCUT2D eigenvalue weighted by Gasteiger charge is 2.18. The van der Waals surface area contributed by atoms with Crippen molar-refractivity contribution >= 4 is 11.6 Å². The van der Waals surface area contributed by atoms with Gasteiger partial charge >= 0.3 is 0 Å². The highest BCUT2D eigenvalue weighted by molar-refractivity contribution is 6.32. The number of halogens is 1. The molecule has 1 aliphatic rings. The highest BCUT2D eigenvalue weighted by Crippen LogP contribution is 2.28. The topological polar surface area (TPSA) is 36.3 Å². The Balaban J connectivity index is 1.79. The average Bonchev–Trinajstić information content (AvgIpc) is 2.62. The maximum Gasteiger partial charge on any atom is 0.101 e. The maximum absolute atomic E-state index is 8.95. The van der Waals surface area contributed by atoms with Crippen LogP contribution >= 0.6 is 11.6 Å². The van der Waals surface area contributed by atoms with Crippen molar-refractivity contribution in [3.8, 4) is 17.2 Å². The lowest BCUT2D eigenvalue weighted by Gasteiger charge is -2.32. The zero-order valence-electron chi connectivity index (χ0n) is 13.1. The van der Waals surface area contributed by atoms with Crippen molar-refractivity contribution in [2.75, 3.05) is 26.3 Å². The van der Waals surface area contributed by atoms with Gasteiger partial charge in [0.15, 0.2) is 0 Å². The summed E-state index contributed by atoms with van der Waals surface area (Å²) in [5.74, 6) is 0. The Morgan fingerprint density at radius 3 is 2.35 bits per heavy atom. The quantitative estimate of drug-likeness (QED) is 0.845. The largest absolute Gasteiger partial charge is 0.379 e. The molecule has 0 amide bonds. The summed E-state index contributed by atoms with van der Waals surface area (Å²) in [5, 5.41) is 9.45. The molecule has 0 aliphatic carbocycles. The number of morpholine rings is 1. The van der Waals surface area contributed by atoms with Gasteiger partial charge in [-0.2, -0.15) is 5.26 Å². The molecule has 0 N–H and O–H groups in total. The fourth-order valence-corrected chi connectivity index (χ4v) is 3.14. The number of nitriles is 1. The van der Waals surface area contributed by atoms with E-state index in [1.165, 1.54) is 5.56 Å². The van der Waals surface area contributed by atoms with Gasteiger partial charge < -0.3 is 4.74 Å². The standard InChI is InChI=1S/C19H19ClN2O/c1-14(22-8-10-23-11-9-22)15-2-4-16(5-3-15)17-6-7-18(13-21)19(20)12-17/h2-7,12,14H,8-11H2,1H3/t14-/m1/s1. The summed E-state index contributed by atoms with van der Waals surface area (Å²) < 4.78 is 5.42. The zero-order chi connectivity index (χ0) is 16.2. The van der Waals surface area contributed by atoms with Crippen molar-refractivity contribution in [1.29, 1.82) is 5.26 Å². The van der Waals surface area contributed by atoms with Crippen molar-refractivity contribution in [1.82, 2.24) is 4.90 Å². The molecule has 1 aliphatic heterocycles. The third-order valence-corrected chi connectivity index (χ3v) is 4.72. The van der Waals surface area contributed by atoms with Crippen LogP contribution in [0.25, 0.3) is 11.1 Å². The molecule has 0 saturated carbocycles. The summed E-state index contributed by atoms with van der Waals surface area (Å²) in [6.07, 6.45) is 0. The van der Waals surface area contributed by atoms with Crippen molar-refractivity contribution < 1.29 is 4.74 Å². The number of hydrogen-bond donors (Lipinski definition) is 0. The number of ether oxygens (including phenoxy) is 1. The lowest BCUT2D eigenvalue weighted by molar-refractivity contribution is 0.0198. The lowest BCUT2D eigenvalue weighted by atomic mass is 10.00. The second kappa shape index (κ2) is 7.14. The van der Waals surface area contributed by atoms with Crippen LogP contribution in [0.5, 0.6) is 0 Å². The molecule has 0 aromatic heterocycles. The molecule has 118 valence electrons. The molecule has 0 spiro atoms. The van der Waals surface area contributed by atoms with E-state index in [4.69, 9.17) is 21.6 Å². The third-order valence-electron chi connectivity index (χ3n) is 4.41. The van der Waals surface area contributed by atoms with E-state index in [9.17, 15) is 0 Å². The van der Waals surface area contributed by atoms with Gasteiger partial charge in [0.05, 0.1) is 23.8 Å². The van der Waals surface area contributed by atoms with Crippen LogP contribution in [-0.2, 0) is 4.74 Å². The van der Waals surface area contributed by atoms with Gasteiger partial charge in [0.25, 0.3) is 0 Å². The molecule has 1 atom stereocenters. The fraction of sp³-hybridized carbons (Fsp3) is 0.316. The Bertz CT molecular complexity index is 715. The summed E-state index contributed by atoms with van der Waals surface area (Å²) in [5.41, 5.74) is 3.94. The van der Waals surface area contributed by atoms with E-state index >= 15 is 0 Å². The van der Waals surface area contributed by atoms with E-state index in [0.29, 0.717) is 16.6 Å². The monoisotopic (exact) mass is 326 g/mol. The average molecular weight is 327 g/mol. The van der Waals surface area contributed by atoms with Crippen molar-refractivity contribution in [3.63, 3.8) is 0 Å². The molecular formula is C19H19ClN2O. The summed E-state index contributed by atoms with van der Waals surface area (Å²) in [6.45, 7) is 5.82. The fourth-order valence-electron chi connectivity index (χ4n) is 2.92. The van der Waals surface area contributed by atoms with Crippen LogP contribution in [-0.4, -0.2) is 31.2 Å². The van der Waals surface area contributed by atoms with Crippen LogP contribution in [0.4, 0.5) is 0 Å². The molecule has 0 radical (unpaired) electrons. The van der Waals surface area contributed by atoms with E-state index in [0.717, 1.165) is 37.4 Å². The van der Waals surface area contributed by atoms with E-state index in [1.54, 1.807) is 6.07 Å². The minimum absolute atomic E-state index is 0.387. The molecule has 3 nitrogen and oxygen atoms in total. The molecule has 23 heavy (non-hydrogen) atoms. The van der Waals surface area contributed by atoms with E-state index in [-0.39, 0.29) is 0 Å². The molecule has 1 fully saturated rings. The van der Waals surface area contributed by atoms with Gasteiger partial charge in [0.2, 0.25) is 0 Å². The summed E-state index contributed by atoms with van der Waals surface area (Å²) in [7, 11) is 0. The van der Waals surface area contributed by atoms with Gasteiger partial charge in [-0.3, -0.25) is 4.90 Å². The summed E-state index contributed by atoms with van der Waals surface area (Å²) >= 11 is 6.12. The van der Waals surface area contributed by atoms with Crippen molar-refractivity contribution in [2.45, 2.75) is 13.0 Å². The summed E-state index contributed by atoms with van der Waals surface area (Å²) in [6, 6.07) is 16.6. The predicted octanol–water partition coefficient (Wildman–Crippen LogP) is 4.27. The van der Waals surface area contributed by atoms with Gasteiger partial charge in [-0.15, -0.1) is 0 Å². The number of nitrogens with zero attached hydrogens (tertiary/aromatic N) is 2. The Hall–Kier alpha value is -1.86. The Morgan fingerprint density at radius 1 is 1.09 bits per heavy atom. The smallest absolute Gasteiger partial charge is 0.101 e. The van der Waals surface area contributed by atoms with Crippen molar-refractivity contribution in [3.05, 3.63) is 58.6 Å². The Morgan fingerprint density at radius 2 is 1.74 bits per heavy atom. The molecule has 0 bridgehead atoms. The van der Waals surface area contributed by atoms with Crippen LogP contribution in [0.1, 0.15) is 24.1 Å². The predicted molar refractivity (Wildman–Crippen MR) is 92.4 cm³/mol. The maximum atomic E-state index is 8.95. The molecular weight excluding hydrogens is 308 g/mol. The molecule has 2 aromatic rings. The van der Waals surface area contributed by atoms with Crippen molar-refractivity contribution in [2.24, 2.45) is 0 Å². The SMILES string of the molecule is C[C@H](c1ccc(-c2ccc(C#N)c(Cl)c2)cc1)N1CCOCC1. The Labute approximate surface area is 142 Å². The van der Waals surface area contributed by atoms with Gasteiger partial charge in [-0.1, -0.05) is 41.9 Å². The zero-order valence-corrected chi connectivity index (χ0v) is 13.9. The minimum Gasteiger partial charge on any atom is -0.379 e. The first-order valence-corrected chi connectivity index (χ1v) is 8.18. The lowest BCUT2D eigenvalue weighted by Crippen LogP contribution is -2.37. The third kappa shape index (κ3) is 3.56. The first kappa shape index (κ1) is 16.0. The van der Waals surface area contributed by atoms with E-state index < -0.39 is 0 Å².